The normalized spacial score (nSPS) is 10.5. The Morgan fingerprint density at radius 3 is 2.78 bits per heavy atom. The molecule has 0 unspecified atom stereocenters. The van der Waals surface area contributed by atoms with Crippen molar-refractivity contribution in [3.05, 3.63) is 65.9 Å². The molecule has 7 heteroatoms. The van der Waals surface area contributed by atoms with Gasteiger partial charge in [-0.3, -0.25) is 14.0 Å². The number of rotatable bonds is 3. The van der Waals surface area contributed by atoms with Gasteiger partial charge in [0.25, 0.3) is 11.8 Å². The second-order valence-electron chi connectivity index (χ2n) is 4.80. The zero-order chi connectivity index (χ0) is 16.4. The monoisotopic (exact) mass is 312 g/mol. The van der Waals surface area contributed by atoms with Gasteiger partial charge in [0.15, 0.2) is 0 Å². The van der Waals surface area contributed by atoms with Crippen molar-refractivity contribution in [3.8, 4) is 0 Å². The van der Waals surface area contributed by atoms with Gasteiger partial charge in [-0.1, -0.05) is 6.07 Å². The van der Waals surface area contributed by atoms with Crippen molar-refractivity contribution in [3.63, 3.8) is 0 Å². The van der Waals surface area contributed by atoms with Crippen LogP contribution in [0.2, 0.25) is 0 Å². The van der Waals surface area contributed by atoms with Crippen molar-refractivity contribution < 1.29 is 14.0 Å². The molecule has 0 bridgehead atoms. The lowest BCUT2D eigenvalue weighted by Gasteiger charge is -2.08. The Hall–Kier alpha value is -3.22. The molecular weight excluding hydrogens is 299 g/mol. The molecule has 2 heterocycles. The molecule has 3 rings (SSSR count). The summed E-state index contributed by atoms with van der Waals surface area (Å²) in [6.45, 7) is 0. The SMILES string of the molecule is CNC(=O)c1ccc(F)c(NC(=O)c2cnc3ccccn23)c1. The largest absolute Gasteiger partial charge is 0.355 e. The summed E-state index contributed by atoms with van der Waals surface area (Å²) in [5, 5.41) is 4.91. The predicted octanol–water partition coefficient (Wildman–Crippen LogP) is 2.09. The lowest BCUT2D eigenvalue weighted by molar-refractivity contribution is 0.0961. The maximum Gasteiger partial charge on any atom is 0.274 e. The highest BCUT2D eigenvalue weighted by molar-refractivity contribution is 6.04. The third-order valence-corrected chi connectivity index (χ3v) is 3.35. The van der Waals surface area contributed by atoms with Crippen LogP contribution in [0.5, 0.6) is 0 Å². The van der Waals surface area contributed by atoms with E-state index in [1.165, 1.54) is 25.4 Å². The quantitative estimate of drug-likeness (QED) is 0.777. The number of pyridine rings is 1. The Bertz CT molecular complexity index is 904. The van der Waals surface area contributed by atoms with Crippen LogP contribution in [0.25, 0.3) is 5.65 Å². The zero-order valence-corrected chi connectivity index (χ0v) is 12.2. The number of benzene rings is 1. The van der Waals surface area contributed by atoms with Crippen LogP contribution in [0.15, 0.2) is 48.8 Å². The Morgan fingerprint density at radius 1 is 1.17 bits per heavy atom. The smallest absolute Gasteiger partial charge is 0.274 e. The number of fused-ring (bicyclic) bond motifs is 1. The molecule has 23 heavy (non-hydrogen) atoms. The molecule has 0 aliphatic rings. The minimum absolute atomic E-state index is 0.0676. The van der Waals surface area contributed by atoms with Crippen LogP contribution in [0.4, 0.5) is 10.1 Å². The molecule has 3 aromatic rings. The molecule has 2 N–H and O–H groups in total. The van der Waals surface area contributed by atoms with E-state index in [9.17, 15) is 14.0 Å². The molecule has 116 valence electrons. The van der Waals surface area contributed by atoms with Crippen molar-refractivity contribution in [2.75, 3.05) is 12.4 Å². The summed E-state index contributed by atoms with van der Waals surface area (Å²) in [5.74, 6) is -1.51. The molecule has 2 aromatic heterocycles. The number of imidazole rings is 1. The van der Waals surface area contributed by atoms with Crippen LogP contribution in [-0.4, -0.2) is 28.2 Å². The van der Waals surface area contributed by atoms with Crippen LogP contribution in [0, 0.1) is 5.82 Å². The summed E-state index contributed by atoms with van der Waals surface area (Å²) in [6.07, 6.45) is 3.10. The van der Waals surface area contributed by atoms with Crippen molar-refractivity contribution in [2.45, 2.75) is 0 Å². The minimum Gasteiger partial charge on any atom is -0.355 e. The number of halogens is 1. The highest BCUT2D eigenvalue weighted by Crippen LogP contribution is 2.18. The molecule has 1 aromatic carbocycles. The average molecular weight is 312 g/mol. The molecular formula is C16H13FN4O2. The Kier molecular flexibility index (Phi) is 3.76. The van der Waals surface area contributed by atoms with Crippen LogP contribution in [0.3, 0.4) is 0 Å². The first kappa shape index (κ1) is 14.7. The second-order valence-corrected chi connectivity index (χ2v) is 4.80. The molecule has 0 aliphatic heterocycles. The first-order valence-electron chi connectivity index (χ1n) is 6.85. The predicted molar refractivity (Wildman–Crippen MR) is 82.9 cm³/mol. The summed E-state index contributed by atoms with van der Waals surface area (Å²) < 4.78 is 15.5. The maximum atomic E-state index is 13.9. The van der Waals surface area contributed by atoms with Gasteiger partial charge in [0.05, 0.1) is 11.9 Å². The molecule has 0 radical (unpaired) electrons. The van der Waals surface area contributed by atoms with Gasteiger partial charge < -0.3 is 10.6 Å². The van der Waals surface area contributed by atoms with E-state index in [1.807, 2.05) is 0 Å². The van der Waals surface area contributed by atoms with Crippen molar-refractivity contribution in [1.29, 1.82) is 0 Å². The molecule has 0 spiro atoms. The number of aromatic nitrogens is 2. The number of hydrogen-bond donors (Lipinski definition) is 2. The Morgan fingerprint density at radius 2 is 2.00 bits per heavy atom. The van der Waals surface area contributed by atoms with E-state index in [1.54, 1.807) is 28.8 Å². The van der Waals surface area contributed by atoms with Crippen molar-refractivity contribution in [2.24, 2.45) is 0 Å². The van der Waals surface area contributed by atoms with E-state index in [0.29, 0.717) is 5.65 Å². The van der Waals surface area contributed by atoms with E-state index in [2.05, 4.69) is 15.6 Å². The van der Waals surface area contributed by atoms with Gasteiger partial charge in [-0.2, -0.15) is 0 Å². The number of carbonyl (C=O) groups is 2. The molecule has 0 saturated carbocycles. The first-order valence-corrected chi connectivity index (χ1v) is 6.85. The van der Waals surface area contributed by atoms with E-state index >= 15 is 0 Å². The molecule has 0 atom stereocenters. The van der Waals surface area contributed by atoms with E-state index < -0.39 is 11.7 Å². The van der Waals surface area contributed by atoms with Crippen LogP contribution >= 0.6 is 0 Å². The Balaban J connectivity index is 1.92. The van der Waals surface area contributed by atoms with Crippen LogP contribution < -0.4 is 10.6 Å². The highest BCUT2D eigenvalue weighted by Gasteiger charge is 2.15. The lowest BCUT2D eigenvalue weighted by atomic mass is 10.1. The number of anilines is 1. The van der Waals surface area contributed by atoms with Crippen LogP contribution in [-0.2, 0) is 0 Å². The average Bonchev–Trinajstić information content (AvgIpc) is 3.00. The maximum absolute atomic E-state index is 13.9. The number of carbonyl (C=O) groups excluding carboxylic acids is 2. The molecule has 0 saturated heterocycles. The standard InChI is InChI=1S/C16H13FN4O2/c1-18-15(22)10-5-6-11(17)12(8-10)20-16(23)13-9-19-14-4-2-3-7-21(13)14/h2-9H,1H3,(H,18,22)(H,20,23). The molecule has 0 aliphatic carbocycles. The van der Waals surface area contributed by atoms with E-state index in [0.717, 1.165) is 6.07 Å². The topological polar surface area (TPSA) is 75.5 Å². The third-order valence-electron chi connectivity index (χ3n) is 3.35. The fourth-order valence-electron chi connectivity index (χ4n) is 2.19. The van der Waals surface area contributed by atoms with Gasteiger partial charge in [0.2, 0.25) is 0 Å². The molecule has 0 fully saturated rings. The minimum atomic E-state index is -0.625. The first-order chi connectivity index (χ1) is 11.1. The number of hydrogen-bond acceptors (Lipinski definition) is 3. The summed E-state index contributed by atoms with van der Waals surface area (Å²) in [7, 11) is 1.47. The van der Waals surface area contributed by atoms with Gasteiger partial charge in [-0.25, -0.2) is 9.37 Å². The summed E-state index contributed by atoms with van der Waals surface area (Å²) in [4.78, 5) is 28.1. The van der Waals surface area contributed by atoms with Gasteiger partial charge in [0, 0.05) is 18.8 Å². The molecule has 6 nitrogen and oxygen atoms in total. The molecule has 2 amide bonds. The van der Waals surface area contributed by atoms with Crippen molar-refractivity contribution >= 4 is 23.1 Å². The summed E-state index contributed by atoms with van der Waals surface area (Å²) >= 11 is 0. The van der Waals surface area contributed by atoms with Gasteiger partial charge in [-0.05, 0) is 30.3 Å². The summed E-state index contributed by atoms with van der Waals surface area (Å²) in [5.41, 5.74) is 1.06. The summed E-state index contributed by atoms with van der Waals surface area (Å²) in [6, 6.07) is 9.08. The zero-order valence-electron chi connectivity index (χ0n) is 12.2. The second kappa shape index (κ2) is 5.88. The fourth-order valence-corrected chi connectivity index (χ4v) is 2.19. The van der Waals surface area contributed by atoms with Gasteiger partial charge in [0.1, 0.15) is 17.2 Å². The lowest BCUT2D eigenvalue weighted by Crippen LogP contribution is -2.19. The fraction of sp³-hybridized carbons (Fsp3) is 0.0625. The van der Waals surface area contributed by atoms with E-state index in [-0.39, 0.29) is 22.9 Å². The number of nitrogens with zero attached hydrogens (tertiary/aromatic N) is 2. The van der Waals surface area contributed by atoms with E-state index in [4.69, 9.17) is 0 Å². The highest BCUT2D eigenvalue weighted by atomic mass is 19.1. The van der Waals surface area contributed by atoms with Gasteiger partial charge >= 0.3 is 0 Å². The van der Waals surface area contributed by atoms with Gasteiger partial charge in [-0.15, -0.1) is 0 Å². The van der Waals surface area contributed by atoms with Crippen molar-refractivity contribution in [1.82, 2.24) is 14.7 Å². The number of nitrogens with one attached hydrogen (secondary N) is 2. The van der Waals surface area contributed by atoms with Crippen LogP contribution in [0.1, 0.15) is 20.8 Å². The third kappa shape index (κ3) is 2.76. The Labute approximate surface area is 131 Å². The number of amides is 2.